The number of alkyl halides is 3. The zero-order valence-corrected chi connectivity index (χ0v) is 15.7. The Hall–Kier alpha value is -2.10. The number of likely N-dealkylation sites (tertiary alicyclic amines) is 1. The van der Waals surface area contributed by atoms with E-state index in [-0.39, 0.29) is 17.0 Å². The summed E-state index contributed by atoms with van der Waals surface area (Å²) < 4.78 is 39.1. The standard InChI is InChI=1S/C17H25F3N6O/c1-16(2,3)26-13-12(9-22-26)14(27)24-15(23-13)21-8-11-4-6-25(7-5-11)10-17(18,19)20/h9,11H,4-8,10H2,1-3H3,(H2,21,23,24,27). The smallest absolute Gasteiger partial charge is 0.355 e. The van der Waals surface area contributed by atoms with Crippen LogP contribution in [0.5, 0.6) is 0 Å². The number of hydrogen-bond donors (Lipinski definition) is 2. The van der Waals surface area contributed by atoms with Gasteiger partial charge in [-0.05, 0) is 52.6 Å². The minimum Gasteiger partial charge on any atom is -0.355 e. The van der Waals surface area contributed by atoms with Crippen LogP contribution in [0.2, 0.25) is 0 Å². The molecule has 150 valence electrons. The molecule has 0 amide bonds. The largest absolute Gasteiger partial charge is 0.401 e. The molecule has 2 aromatic heterocycles. The Bertz CT molecular complexity index is 843. The lowest BCUT2D eigenvalue weighted by atomic mass is 9.97. The zero-order chi connectivity index (χ0) is 19.8. The lowest BCUT2D eigenvalue weighted by Crippen LogP contribution is -2.41. The number of fused-ring (bicyclic) bond motifs is 1. The van der Waals surface area contributed by atoms with Gasteiger partial charge in [0.2, 0.25) is 5.95 Å². The van der Waals surface area contributed by atoms with Crippen LogP contribution in [0.15, 0.2) is 11.0 Å². The first-order valence-electron chi connectivity index (χ1n) is 9.04. The molecule has 1 aliphatic heterocycles. The van der Waals surface area contributed by atoms with Crippen LogP contribution in [-0.2, 0) is 5.54 Å². The van der Waals surface area contributed by atoms with E-state index in [2.05, 4.69) is 20.4 Å². The highest BCUT2D eigenvalue weighted by atomic mass is 19.4. The summed E-state index contributed by atoms with van der Waals surface area (Å²) in [6.45, 7) is 6.48. The molecule has 7 nitrogen and oxygen atoms in total. The van der Waals surface area contributed by atoms with Crippen molar-refractivity contribution in [3.05, 3.63) is 16.6 Å². The monoisotopic (exact) mass is 386 g/mol. The molecule has 1 aliphatic rings. The van der Waals surface area contributed by atoms with Crippen molar-refractivity contribution >= 4 is 17.0 Å². The van der Waals surface area contributed by atoms with Gasteiger partial charge in [0.15, 0.2) is 5.65 Å². The third kappa shape index (κ3) is 4.79. The van der Waals surface area contributed by atoms with E-state index in [1.54, 1.807) is 4.68 Å². The fourth-order valence-electron chi connectivity index (χ4n) is 3.34. The summed E-state index contributed by atoms with van der Waals surface area (Å²) in [4.78, 5) is 20.9. The van der Waals surface area contributed by atoms with Crippen molar-refractivity contribution in [2.24, 2.45) is 5.92 Å². The molecule has 0 saturated carbocycles. The molecule has 0 aromatic carbocycles. The van der Waals surface area contributed by atoms with Crippen molar-refractivity contribution in [1.29, 1.82) is 0 Å². The highest BCUT2D eigenvalue weighted by Crippen LogP contribution is 2.23. The van der Waals surface area contributed by atoms with E-state index in [0.29, 0.717) is 49.5 Å². The van der Waals surface area contributed by atoms with Gasteiger partial charge in [0, 0.05) is 6.54 Å². The number of aromatic nitrogens is 4. The quantitative estimate of drug-likeness (QED) is 0.844. The normalized spacial score (nSPS) is 17.6. The first-order chi connectivity index (χ1) is 12.5. The number of nitrogens with one attached hydrogen (secondary N) is 2. The number of H-pyrrole nitrogens is 1. The van der Waals surface area contributed by atoms with Gasteiger partial charge < -0.3 is 5.32 Å². The molecule has 10 heteroatoms. The van der Waals surface area contributed by atoms with E-state index >= 15 is 0 Å². The summed E-state index contributed by atoms with van der Waals surface area (Å²) in [5, 5.41) is 7.82. The molecular formula is C17H25F3N6O. The second-order valence-electron chi connectivity index (χ2n) is 8.09. The molecule has 0 spiro atoms. The van der Waals surface area contributed by atoms with E-state index < -0.39 is 12.7 Å². The van der Waals surface area contributed by atoms with Crippen LogP contribution in [0.4, 0.5) is 19.1 Å². The van der Waals surface area contributed by atoms with Gasteiger partial charge >= 0.3 is 6.18 Å². The lowest BCUT2D eigenvalue weighted by molar-refractivity contribution is -0.148. The Kier molecular flexibility index (Phi) is 5.20. The number of hydrogen-bond acceptors (Lipinski definition) is 5. The molecule has 0 aliphatic carbocycles. The first kappa shape index (κ1) is 19.7. The van der Waals surface area contributed by atoms with Crippen molar-refractivity contribution in [3.63, 3.8) is 0 Å². The van der Waals surface area contributed by atoms with Crippen molar-refractivity contribution in [2.75, 3.05) is 31.5 Å². The number of rotatable bonds is 4. The van der Waals surface area contributed by atoms with Crippen molar-refractivity contribution < 1.29 is 13.2 Å². The van der Waals surface area contributed by atoms with E-state index in [1.807, 2.05) is 20.8 Å². The maximum atomic E-state index is 12.5. The Morgan fingerprint density at radius 1 is 1.26 bits per heavy atom. The van der Waals surface area contributed by atoms with Crippen LogP contribution in [0, 0.1) is 5.92 Å². The Balaban J connectivity index is 1.64. The van der Waals surface area contributed by atoms with E-state index in [9.17, 15) is 18.0 Å². The topological polar surface area (TPSA) is 78.8 Å². The van der Waals surface area contributed by atoms with Gasteiger partial charge in [-0.15, -0.1) is 0 Å². The molecule has 1 saturated heterocycles. The van der Waals surface area contributed by atoms with Gasteiger partial charge in [-0.3, -0.25) is 14.7 Å². The first-order valence-corrected chi connectivity index (χ1v) is 9.04. The van der Waals surface area contributed by atoms with Crippen LogP contribution in [0.3, 0.4) is 0 Å². The summed E-state index contributed by atoms with van der Waals surface area (Å²) in [5.41, 5.74) is -0.0720. The molecule has 0 atom stereocenters. The third-order valence-corrected chi connectivity index (χ3v) is 4.74. The van der Waals surface area contributed by atoms with Gasteiger partial charge in [0.1, 0.15) is 5.39 Å². The lowest BCUT2D eigenvalue weighted by Gasteiger charge is -2.32. The number of nitrogens with zero attached hydrogens (tertiary/aromatic N) is 4. The van der Waals surface area contributed by atoms with Gasteiger partial charge in [-0.2, -0.15) is 23.3 Å². The molecular weight excluding hydrogens is 361 g/mol. The fraction of sp³-hybridized carbons (Fsp3) is 0.706. The molecule has 0 unspecified atom stereocenters. The Morgan fingerprint density at radius 2 is 1.93 bits per heavy atom. The summed E-state index contributed by atoms with van der Waals surface area (Å²) in [6, 6.07) is 0. The molecule has 3 heterocycles. The maximum Gasteiger partial charge on any atom is 0.401 e. The summed E-state index contributed by atoms with van der Waals surface area (Å²) in [6.07, 6.45) is -1.29. The van der Waals surface area contributed by atoms with Gasteiger partial charge in [0.05, 0.1) is 18.3 Å². The fourth-order valence-corrected chi connectivity index (χ4v) is 3.34. The number of halogens is 3. The third-order valence-electron chi connectivity index (χ3n) is 4.74. The van der Waals surface area contributed by atoms with Gasteiger partial charge in [0.25, 0.3) is 5.56 Å². The highest BCUT2D eigenvalue weighted by molar-refractivity contribution is 5.74. The Morgan fingerprint density at radius 3 is 2.52 bits per heavy atom. The van der Waals surface area contributed by atoms with E-state index in [4.69, 9.17) is 0 Å². The van der Waals surface area contributed by atoms with Crippen molar-refractivity contribution in [3.8, 4) is 0 Å². The molecule has 0 radical (unpaired) electrons. The van der Waals surface area contributed by atoms with Crippen LogP contribution >= 0.6 is 0 Å². The molecule has 0 bridgehead atoms. The predicted molar refractivity (Wildman–Crippen MR) is 96.9 cm³/mol. The molecule has 1 fully saturated rings. The molecule has 2 aromatic rings. The summed E-state index contributed by atoms with van der Waals surface area (Å²) in [7, 11) is 0. The molecule has 3 rings (SSSR count). The highest BCUT2D eigenvalue weighted by Gasteiger charge is 2.32. The van der Waals surface area contributed by atoms with Crippen molar-refractivity contribution in [1.82, 2.24) is 24.6 Å². The average molecular weight is 386 g/mol. The van der Waals surface area contributed by atoms with Crippen LogP contribution in [-0.4, -0.2) is 57.0 Å². The van der Waals surface area contributed by atoms with Gasteiger partial charge in [-0.1, -0.05) is 0 Å². The second kappa shape index (κ2) is 7.14. The van der Waals surface area contributed by atoms with Crippen LogP contribution in [0.25, 0.3) is 11.0 Å². The van der Waals surface area contributed by atoms with Crippen molar-refractivity contribution in [2.45, 2.75) is 45.3 Å². The minimum absolute atomic E-state index is 0.239. The molecule has 27 heavy (non-hydrogen) atoms. The number of aromatic amines is 1. The predicted octanol–water partition coefficient (Wildman–Crippen LogP) is 2.56. The van der Waals surface area contributed by atoms with Crippen LogP contribution in [0.1, 0.15) is 33.6 Å². The average Bonchev–Trinajstić information content (AvgIpc) is 2.97. The van der Waals surface area contributed by atoms with Gasteiger partial charge in [-0.25, -0.2) is 4.68 Å². The SMILES string of the molecule is CC(C)(C)n1ncc2c(=O)[nH]c(NCC3CCN(CC(F)(F)F)CC3)nc21. The zero-order valence-electron chi connectivity index (χ0n) is 15.7. The van der Waals surface area contributed by atoms with E-state index in [1.165, 1.54) is 11.1 Å². The molecule has 2 N–H and O–H groups in total. The van der Waals surface area contributed by atoms with Crippen LogP contribution < -0.4 is 10.9 Å². The minimum atomic E-state index is -4.15. The summed E-state index contributed by atoms with van der Waals surface area (Å²) >= 11 is 0. The maximum absolute atomic E-state index is 12.5. The summed E-state index contributed by atoms with van der Waals surface area (Å²) in [5.74, 6) is 0.597. The van der Waals surface area contributed by atoms with E-state index in [0.717, 1.165) is 0 Å². The second-order valence-corrected chi connectivity index (χ2v) is 8.09. The Labute approximate surface area is 155 Å². The number of piperidine rings is 1. The number of anilines is 1.